The first-order valence-corrected chi connectivity index (χ1v) is 15.7. The fraction of sp³-hybridized carbons (Fsp3) is 0.621. The zero-order valence-corrected chi connectivity index (χ0v) is 25.3. The maximum absolute atomic E-state index is 13.6. The van der Waals surface area contributed by atoms with E-state index in [2.05, 4.69) is 4.90 Å². The van der Waals surface area contributed by atoms with Crippen molar-refractivity contribution >= 4 is 10.8 Å². The Morgan fingerprint density at radius 2 is 1.47 bits per heavy atom. The van der Waals surface area contributed by atoms with Gasteiger partial charge in [0.1, 0.15) is 11.2 Å². The Hall–Kier alpha value is -2.90. The van der Waals surface area contributed by atoms with Crippen molar-refractivity contribution in [3.8, 4) is 23.5 Å². The number of ether oxygens (including phenoxy) is 1. The monoisotopic (exact) mass is 671 g/mol. The molecule has 0 saturated carbocycles. The van der Waals surface area contributed by atoms with Gasteiger partial charge in [0.05, 0.1) is 34.0 Å². The third-order valence-electron chi connectivity index (χ3n) is 8.24. The fourth-order valence-corrected chi connectivity index (χ4v) is 7.53. The molecule has 1 saturated heterocycles. The van der Waals surface area contributed by atoms with Gasteiger partial charge in [-0.25, -0.2) is 0 Å². The molecule has 3 heterocycles. The van der Waals surface area contributed by atoms with Crippen molar-refractivity contribution in [2.45, 2.75) is 81.8 Å². The summed E-state index contributed by atoms with van der Waals surface area (Å²) in [5, 5.41) is 31.5. The molecule has 2 aliphatic heterocycles. The number of hydrogen-bond donors (Lipinski definition) is 2. The molecular formula is C29H33F8N3O4S. The Morgan fingerprint density at radius 1 is 0.911 bits per heavy atom. The van der Waals surface area contributed by atoms with Crippen LogP contribution in [0.25, 0.3) is 5.69 Å². The summed E-state index contributed by atoms with van der Waals surface area (Å²) in [6, 6.07) is 4.38. The van der Waals surface area contributed by atoms with E-state index >= 15 is 0 Å². The third-order valence-corrected chi connectivity index (χ3v) is 9.73. The second-order valence-corrected chi connectivity index (χ2v) is 13.6. The van der Waals surface area contributed by atoms with Gasteiger partial charge in [-0.15, -0.1) is 0 Å². The van der Waals surface area contributed by atoms with Crippen LogP contribution in [0.3, 0.4) is 0 Å². The number of nitrogens with zero attached hydrogens (tertiary/aromatic N) is 3. The molecule has 3 atom stereocenters. The van der Waals surface area contributed by atoms with Crippen molar-refractivity contribution in [2.24, 2.45) is 0 Å². The Bertz CT molecular complexity index is 1440. The van der Waals surface area contributed by atoms with Crippen LogP contribution in [0.15, 0.2) is 18.2 Å². The Balaban J connectivity index is 1.34. The van der Waals surface area contributed by atoms with E-state index in [-0.39, 0.29) is 28.3 Å². The molecule has 1 aromatic carbocycles. The first-order chi connectivity index (χ1) is 20.7. The highest BCUT2D eigenvalue weighted by Gasteiger charge is 2.59. The van der Waals surface area contributed by atoms with E-state index in [1.165, 1.54) is 12.1 Å². The van der Waals surface area contributed by atoms with Crippen molar-refractivity contribution in [2.75, 3.05) is 31.1 Å². The van der Waals surface area contributed by atoms with Gasteiger partial charge in [0.15, 0.2) is 0 Å². The van der Waals surface area contributed by atoms with Crippen molar-refractivity contribution in [1.82, 2.24) is 9.47 Å². The van der Waals surface area contributed by atoms with Gasteiger partial charge < -0.3 is 14.9 Å². The van der Waals surface area contributed by atoms with E-state index in [9.17, 15) is 49.5 Å². The molecule has 2 N–H and O–H groups in total. The lowest BCUT2D eigenvalue weighted by Crippen LogP contribution is -2.51. The first kappa shape index (κ1) is 35.0. The summed E-state index contributed by atoms with van der Waals surface area (Å²) < 4.78 is 123. The topological polar surface area (TPSA) is 98.7 Å². The van der Waals surface area contributed by atoms with E-state index in [1.807, 2.05) is 0 Å². The molecule has 16 heteroatoms. The first-order valence-electron chi connectivity index (χ1n) is 14.3. The predicted molar refractivity (Wildman–Crippen MR) is 148 cm³/mol. The largest absolute Gasteiger partial charge is 0.494 e. The Kier molecular flexibility index (Phi) is 9.61. The average molecular weight is 672 g/mol. The van der Waals surface area contributed by atoms with Gasteiger partial charge in [0, 0.05) is 41.8 Å². The van der Waals surface area contributed by atoms with Gasteiger partial charge in [-0.05, 0) is 57.9 Å². The number of hydrogen-bond acceptors (Lipinski definition) is 6. The number of fused-ring (bicyclic) bond motifs is 5. The molecule has 1 aromatic heterocycles. The van der Waals surface area contributed by atoms with Crippen LogP contribution in [0.5, 0.6) is 11.8 Å². The zero-order valence-electron chi connectivity index (χ0n) is 24.5. The van der Waals surface area contributed by atoms with Gasteiger partial charge in [-0.2, -0.15) is 40.4 Å². The highest BCUT2D eigenvalue weighted by molar-refractivity contribution is 7.84. The van der Waals surface area contributed by atoms with E-state index in [4.69, 9.17) is 10.00 Å². The minimum atomic E-state index is -5.62. The number of aromatic hydroxyl groups is 2. The highest BCUT2D eigenvalue weighted by atomic mass is 32.2. The molecule has 2 aromatic rings. The predicted octanol–water partition coefficient (Wildman–Crippen LogP) is 6.84. The quantitative estimate of drug-likeness (QED) is 0.190. The summed E-state index contributed by atoms with van der Waals surface area (Å²) in [5.74, 6) is -5.76. The van der Waals surface area contributed by atoms with Crippen LogP contribution < -0.4 is 0 Å². The summed E-state index contributed by atoms with van der Waals surface area (Å²) in [5.41, 5.74) is -3.65. The molecule has 4 rings (SSSR count). The molecule has 2 bridgehead atoms. The highest BCUT2D eigenvalue weighted by Crippen LogP contribution is 2.59. The van der Waals surface area contributed by atoms with Crippen molar-refractivity contribution in [3.63, 3.8) is 0 Å². The van der Waals surface area contributed by atoms with Gasteiger partial charge in [-0.3, -0.25) is 13.7 Å². The van der Waals surface area contributed by atoms with E-state index < -0.39 is 76.0 Å². The normalized spacial score (nSPS) is 22.8. The van der Waals surface area contributed by atoms with E-state index in [0.717, 1.165) is 17.1 Å². The van der Waals surface area contributed by atoms with Crippen molar-refractivity contribution < 1.29 is 54.3 Å². The molecule has 0 aliphatic carbocycles. The fourth-order valence-electron chi connectivity index (χ4n) is 6.34. The lowest BCUT2D eigenvalue weighted by atomic mass is 9.94. The average Bonchev–Trinajstić information content (AvgIpc) is 3.29. The number of alkyl halides is 8. The Morgan fingerprint density at radius 3 is 2.00 bits per heavy atom. The molecular weight excluding hydrogens is 638 g/mol. The van der Waals surface area contributed by atoms with Crippen LogP contribution in [-0.2, 0) is 32.9 Å². The maximum Gasteiger partial charge on any atom is 0.453 e. The number of rotatable bonds is 12. The number of unbranched alkanes of at least 4 members (excludes halogenated alkanes) is 3. The molecule has 1 fully saturated rings. The number of aromatic nitrogens is 1. The van der Waals surface area contributed by atoms with Crippen molar-refractivity contribution in [3.05, 3.63) is 40.5 Å². The van der Waals surface area contributed by atoms with Crippen LogP contribution in [0.4, 0.5) is 35.1 Å². The summed E-state index contributed by atoms with van der Waals surface area (Å²) in [4.78, 5) is 2.08. The third kappa shape index (κ3) is 6.95. The van der Waals surface area contributed by atoms with Crippen LogP contribution in [0, 0.1) is 11.3 Å². The lowest BCUT2D eigenvalue weighted by molar-refractivity contribution is -0.284. The van der Waals surface area contributed by atoms with E-state index in [1.54, 1.807) is 13.8 Å². The number of nitriles is 1. The molecule has 0 spiro atoms. The second-order valence-electron chi connectivity index (χ2n) is 11.9. The smallest absolute Gasteiger partial charge is 0.453 e. The number of morpholine rings is 1. The van der Waals surface area contributed by atoms with Gasteiger partial charge in [0.25, 0.3) is 0 Å². The molecule has 250 valence electrons. The van der Waals surface area contributed by atoms with Crippen LogP contribution in [0.1, 0.15) is 74.6 Å². The van der Waals surface area contributed by atoms with Crippen LogP contribution in [0.2, 0.25) is 0 Å². The summed E-state index contributed by atoms with van der Waals surface area (Å²) in [6.45, 7) is 4.64. The maximum atomic E-state index is 13.6. The molecule has 0 amide bonds. The number of benzene rings is 1. The molecule has 0 radical (unpaired) electrons. The van der Waals surface area contributed by atoms with Crippen molar-refractivity contribution in [1.29, 1.82) is 5.26 Å². The van der Waals surface area contributed by atoms with Crippen LogP contribution in [-0.4, -0.2) is 67.1 Å². The van der Waals surface area contributed by atoms with E-state index in [0.29, 0.717) is 45.0 Å². The van der Waals surface area contributed by atoms with Crippen LogP contribution >= 0.6 is 0 Å². The summed E-state index contributed by atoms with van der Waals surface area (Å²) in [7, 11) is -1.50. The van der Waals surface area contributed by atoms with Gasteiger partial charge in [0.2, 0.25) is 11.8 Å². The summed E-state index contributed by atoms with van der Waals surface area (Å²) in [6.07, 6.45) is -9.72. The SMILES string of the molecule is C[C@]12CN(CCCCCCS(=O)CCCC(F)(F)C(F)(F)F)C[C@](C)(O1)c1c2c(O)n(-c2ccc(C#N)c(C(F)(F)F)c2)c1O. The summed E-state index contributed by atoms with van der Waals surface area (Å²) >= 11 is 0. The standard InChI is InChI=1S/C29H33F8N3O4S/c1-25-16-39(11-5-3-4-6-12-45(43)13-7-10-27(30,31)29(35,36)37)17-26(2,44-25)22-21(25)23(41)40(24(22)42)19-9-8-18(15-38)20(14-19)28(32,33)34/h8-9,14,41-42H,3-7,10-13,16-17H2,1-2H3/t25-,26+,45?. The van der Waals surface area contributed by atoms with Gasteiger partial charge in [-0.1, -0.05) is 12.8 Å². The number of halogens is 8. The minimum absolute atomic E-state index is 0.173. The van der Waals surface area contributed by atoms with Gasteiger partial charge >= 0.3 is 18.3 Å². The molecule has 2 aliphatic rings. The molecule has 1 unspecified atom stereocenters. The lowest BCUT2D eigenvalue weighted by Gasteiger charge is -2.44. The second kappa shape index (κ2) is 12.4. The molecule has 7 nitrogen and oxygen atoms in total. The minimum Gasteiger partial charge on any atom is -0.494 e. The zero-order chi connectivity index (χ0) is 33.6. The Labute approximate surface area is 256 Å². The molecule has 45 heavy (non-hydrogen) atoms.